The predicted molar refractivity (Wildman–Crippen MR) is 126 cm³/mol. The summed E-state index contributed by atoms with van der Waals surface area (Å²) in [6.07, 6.45) is 7.00. The van der Waals surface area contributed by atoms with Gasteiger partial charge in [0, 0.05) is 36.9 Å². The van der Waals surface area contributed by atoms with Crippen molar-refractivity contribution in [1.29, 1.82) is 0 Å². The lowest BCUT2D eigenvalue weighted by atomic mass is 9.73. The summed E-state index contributed by atoms with van der Waals surface area (Å²) < 4.78 is 5.50. The smallest absolute Gasteiger partial charge is 0.232 e. The first-order valence-corrected chi connectivity index (χ1v) is 12.0. The van der Waals surface area contributed by atoms with Gasteiger partial charge in [-0.2, -0.15) is 5.10 Å². The van der Waals surface area contributed by atoms with Crippen molar-refractivity contribution in [2.75, 3.05) is 25.2 Å². The fourth-order valence-electron chi connectivity index (χ4n) is 5.98. The number of carbonyl (C=O) groups is 1. The number of fused-ring (bicyclic) bond motifs is 3. The molecule has 1 unspecified atom stereocenters. The second kappa shape index (κ2) is 7.13. The first-order valence-electron chi connectivity index (χ1n) is 12.0. The summed E-state index contributed by atoms with van der Waals surface area (Å²) in [6.45, 7) is 7.93. The molecule has 0 aromatic carbocycles. The summed E-state index contributed by atoms with van der Waals surface area (Å²) in [5, 5.41) is 7.85. The predicted octanol–water partition coefficient (Wildman–Crippen LogP) is 3.89. The van der Waals surface area contributed by atoms with Gasteiger partial charge in [0.15, 0.2) is 11.5 Å². The summed E-state index contributed by atoms with van der Waals surface area (Å²) in [7, 11) is 1.83. The second-order valence-electron chi connectivity index (χ2n) is 11.1. The molecule has 1 saturated carbocycles. The Labute approximate surface area is 193 Å². The average molecular weight is 449 g/mol. The van der Waals surface area contributed by atoms with Gasteiger partial charge in [-0.1, -0.05) is 20.8 Å². The van der Waals surface area contributed by atoms with Crippen molar-refractivity contribution < 1.29 is 9.53 Å². The second-order valence-corrected chi connectivity index (χ2v) is 11.1. The molecule has 8 heteroatoms. The van der Waals surface area contributed by atoms with E-state index in [1.165, 1.54) is 17.7 Å². The molecule has 2 atom stereocenters. The van der Waals surface area contributed by atoms with E-state index < -0.39 is 5.41 Å². The molecular weight excluding hydrogens is 416 g/mol. The fourth-order valence-corrected chi connectivity index (χ4v) is 5.98. The molecule has 2 N–H and O–H groups in total. The number of ether oxygens (including phenoxy) is 1. The number of aromatic amines is 2. The quantitative estimate of drug-likeness (QED) is 0.631. The summed E-state index contributed by atoms with van der Waals surface area (Å²) in [4.78, 5) is 27.9. The van der Waals surface area contributed by atoms with E-state index in [1.807, 2.05) is 27.0 Å². The van der Waals surface area contributed by atoms with E-state index in [0.29, 0.717) is 17.0 Å². The minimum atomic E-state index is -0.460. The minimum absolute atomic E-state index is 0.101. The van der Waals surface area contributed by atoms with Crippen LogP contribution in [0.2, 0.25) is 0 Å². The van der Waals surface area contributed by atoms with Gasteiger partial charge in [0.25, 0.3) is 0 Å². The third-order valence-corrected chi connectivity index (χ3v) is 8.55. The van der Waals surface area contributed by atoms with E-state index >= 15 is 0 Å². The van der Waals surface area contributed by atoms with E-state index in [2.05, 4.69) is 27.1 Å². The molecule has 6 rings (SSSR count). The molecule has 33 heavy (non-hydrogen) atoms. The third-order valence-electron chi connectivity index (χ3n) is 8.55. The highest BCUT2D eigenvalue weighted by atomic mass is 16.5. The number of anilines is 1. The van der Waals surface area contributed by atoms with E-state index in [4.69, 9.17) is 9.72 Å². The molecule has 174 valence electrons. The number of nitrogens with one attached hydrogen (secondary N) is 2. The van der Waals surface area contributed by atoms with Crippen LogP contribution >= 0.6 is 0 Å². The van der Waals surface area contributed by atoms with Gasteiger partial charge in [0.05, 0.1) is 17.4 Å². The molecule has 4 heterocycles. The SMILES string of the molecule is CN(C(=O)C(C)(C)C1CCOCC1)c1cnc2nc(-c3n[nH]c4c3CC3C[C@]3(C)C4)[nH]c2c1. The Kier molecular flexibility index (Phi) is 4.50. The number of carbonyl (C=O) groups excluding carboxylic acids is 1. The third kappa shape index (κ3) is 3.29. The van der Waals surface area contributed by atoms with Crippen LogP contribution in [-0.4, -0.2) is 51.3 Å². The number of imidazole rings is 1. The van der Waals surface area contributed by atoms with Crippen LogP contribution in [0.15, 0.2) is 12.3 Å². The topological polar surface area (TPSA) is 99.8 Å². The molecule has 3 aromatic heterocycles. The van der Waals surface area contributed by atoms with E-state index in [9.17, 15) is 4.79 Å². The number of amides is 1. The molecule has 3 aromatic rings. The summed E-state index contributed by atoms with van der Waals surface area (Å²) in [6, 6.07) is 1.97. The summed E-state index contributed by atoms with van der Waals surface area (Å²) >= 11 is 0. The van der Waals surface area contributed by atoms with Crippen LogP contribution in [0.1, 0.15) is 51.3 Å². The van der Waals surface area contributed by atoms with Gasteiger partial charge in [-0.3, -0.25) is 9.89 Å². The van der Waals surface area contributed by atoms with Gasteiger partial charge in [0.2, 0.25) is 5.91 Å². The van der Waals surface area contributed by atoms with Crippen LogP contribution in [0.4, 0.5) is 5.69 Å². The Morgan fingerprint density at radius 2 is 2.09 bits per heavy atom. The molecule has 0 radical (unpaired) electrons. The molecule has 2 aliphatic carbocycles. The largest absolute Gasteiger partial charge is 0.381 e. The maximum absolute atomic E-state index is 13.4. The zero-order chi connectivity index (χ0) is 23.0. The van der Waals surface area contributed by atoms with E-state index in [-0.39, 0.29) is 5.91 Å². The van der Waals surface area contributed by atoms with Crippen LogP contribution in [0, 0.1) is 22.7 Å². The molecule has 0 spiro atoms. The van der Waals surface area contributed by atoms with E-state index in [0.717, 1.165) is 67.5 Å². The maximum Gasteiger partial charge on any atom is 0.232 e. The standard InChI is InChI=1S/C25H32N6O2/c1-24(2,14-5-7-33-8-6-14)23(32)31(4)16-10-18-21(26-13-16)28-22(27-18)20-17-9-15-11-25(15,3)12-19(17)29-30-20/h10,13-15H,5-9,11-12H2,1-4H3,(H,29,30)(H,26,27,28)/t15?,25-/m1/s1. The average Bonchev–Trinajstić information content (AvgIpc) is 3.11. The highest BCUT2D eigenvalue weighted by Gasteiger charge is 2.53. The maximum atomic E-state index is 13.4. The van der Waals surface area contributed by atoms with Crippen molar-refractivity contribution >= 4 is 22.8 Å². The van der Waals surface area contributed by atoms with Crippen molar-refractivity contribution in [3.63, 3.8) is 0 Å². The van der Waals surface area contributed by atoms with Crippen LogP contribution in [-0.2, 0) is 22.4 Å². The molecule has 1 saturated heterocycles. The van der Waals surface area contributed by atoms with Gasteiger partial charge in [-0.25, -0.2) is 9.97 Å². The summed E-state index contributed by atoms with van der Waals surface area (Å²) in [5.74, 6) is 1.92. The van der Waals surface area contributed by atoms with Crippen molar-refractivity contribution in [2.45, 2.75) is 52.9 Å². The van der Waals surface area contributed by atoms with E-state index in [1.54, 1.807) is 11.1 Å². The first kappa shape index (κ1) is 20.8. The Morgan fingerprint density at radius 3 is 2.88 bits per heavy atom. The number of H-pyrrole nitrogens is 2. The lowest BCUT2D eigenvalue weighted by molar-refractivity contribution is -0.131. The van der Waals surface area contributed by atoms with Gasteiger partial charge in [0.1, 0.15) is 5.69 Å². The lowest BCUT2D eigenvalue weighted by Crippen LogP contribution is -2.44. The van der Waals surface area contributed by atoms with Gasteiger partial charge >= 0.3 is 0 Å². The highest BCUT2D eigenvalue weighted by molar-refractivity contribution is 5.98. The summed E-state index contributed by atoms with van der Waals surface area (Å²) in [5.41, 5.74) is 5.66. The zero-order valence-electron chi connectivity index (χ0n) is 19.9. The number of nitrogens with zero attached hydrogens (tertiary/aromatic N) is 4. The molecule has 8 nitrogen and oxygen atoms in total. The van der Waals surface area contributed by atoms with Crippen molar-refractivity contribution in [3.05, 3.63) is 23.5 Å². The molecular formula is C25H32N6O2. The monoisotopic (exact) mass is 448 g/mol. The van der Waals surface area contributed by atoms with Crippen LogP contribution < -0.4 is 4.90 Å². The zero-order valence-corrected chi connectivity index (χ0v) is 19.9. The van der Waals surface area contributed by atoms with Gasteiger partial charge in [-0.15, -0.1) is 0 Å². The first-order chi connectivity index (χ1) is 15.8. The Bertz CT molecular complexity index is 1240. The molecule has 2 fully saturated rings. The van der Waals surface area contributed by atoms with Crippen LogP contribution in [0.5, 0.6) is 0 Å². The van der Waals surface area contributed by atoms with Crippen molar-refractivity contribution in [1.82, 2.24) is 25.1 Å². The fraction of sp³-hybridized carbons (Fsp3) is 0.600. The number of rotatable bonds is 4. The molecule has 1 amide bonds. The van der Waals surface area contributed by atoms with Crippen LogP contribution in [0.3, 0.4) is 0 Å². The number of pyridine rings is 1. The Morgan fingerprint density at radius 1 is 1.30 bits per heavy atom. The number of hydrogen-bond donors (Lipinski definition) is 2. The molecule has 1 aliphatic heterocycles. The van der Waals surface area contributed by atoms with Gasteiger partial charge in [-0.05, 0) is 55.4 Å². The molecule has 3 aliphatic rings. The van der Waals surface area contributed by atoms with Crippen molar-refractivity contribution in [2.24, 2.45) is 22.7 Å². The minimum Gasteiger partial charge on any atom is -0.381 e. The molecule has 0 bridgehead atoms. The number of aromatic nitrogens is 5. The Balaban J connectivity index is 1.27. The number of hydrogen-bond acceptors (Lipinski definition) is 5. The van der Waals surface area contributed by atoms with Gasteiger partial charge < -0.3 is 14.6 Å². The Hall–Kier alpha value is -2.74. The van der Waals surface area contributed by atoms with Crippen molar-refractivity contribution in [3.8, 4) is 11.5 Å². The normalized spacial score (nSPS) is 25.0. The van der Waals surface area contributed by atoms with Crippen LogP contribution in [0.25, 0.3) is 22.7 Å². The lowest BCUT2D eigenvalue weighted by Gasteiger charge is -2.38. The highest BCUT2D eigenvalue weighted by Crippen LogP contribution is 2.59.